The van der Waals surface area contributed by atoms with Crippen LogP contribution in [0.1, 0.15) is 37.2 Å². The van der Waals surface area contributed by atoms with Crippen molar-refractivity contribution in [3.63, 3.8) is 0 Å². The normalized spacial score (nSPS) is 19.4. The van der Waals surface area contributed by atoms with E-state index in [0.29, 0.717) is 12.5 Å². The summed E-state index contributed by atoms with van der Waals surface area (Å²) in [4.78, 5) is 24.8. The van der Waals surface area contributed by atoms with Gasteiger partial charge >= 0.3 is 0 Å². The van der Waals surface area contributed by atoms with Gasteiger partial charge in [0.05, 0.1) is 18.2 Å². The zero-order chi connectivity index (χ0) is 17.4. The summed E-state index contributed by atoms with van der Waals surface area (Å²) in [6.07, 6.45) is 7.34. The van der Waals surface area contributed by atoms with E-state index in [1.807, 2.05) is 18.7 Å². The summed E-state index contributed by atoms with van der Waals surface area (Å²) < 4.78 is 3.87. The molecule has 0 bridgehead atoms. The SMILES string of the molecule is Cc1nc([C@@H]2CCCN(C(=O)[C@@H](C)Cn3cncn3)C2)c2sccn12. The Kier molecular flexibility index (Phi) is 4.29. The maximum Gasteiger partial charge on any atom is 0.227 e. The summed E-state index contributed by atoms with van der Waals surface area (Å²) >= 11 is 1.73. The van der Waals surface area contributed by atoms with Crippen molar-refractivity contribution in [2.45, 2.75) is 39.2 Å². The molecule has 1 aliphatic heterocycles. The van der Waals surface area contributed by atoms with Crippen LogP contribution in [-0.4, -0.2) is 48.0 Å². The van der Waals surface area contributed by atoms with Gasteiger partial charge in [0.2, 0.25) is 5.91 Å². The van der Waals surface area contributed by atoms with Crippen LogP contribution in [0.5, 0.6) is 0 Å². The van der Waals surface area contributed by atoms with E-state index < -0.39 is 0 Å². The van der Waals surface area contributed by atoms with Crippen LogP contribution in [0, 0.1) is 12.8 Å². The lowest BCUT2D eigenvalue weighted by atomic mass is 9.94. The molecule has 4 rings (SSSR count). The van der Waals surface area contributed by atoms with Gasteiger partial charge in [0.25, 0.3) is 0 Å². The molecule has 0 N–H and O–H groups in total. The molecule has 8 heteroatoms. The molecule has 1 saturated heterocycles. The molecule has 1 aliphatic rings. The number of nitrogens with zero attached hydrogens (tertiary/aromatic N) is 6. The lowest BCUT2D eigenvalue weighted by Crippen LogP contribution is -2.42. The number of piperidine rings is 1. The van der Waals surface area contributed by atoms with Crippen LogP contribution in [-0.2, 0) is 11.3 Å². The minimum atomic E-state index is -0.106. The summed E-state index contributed by atoms with van der Waals surface area (Å²) in [5.74, 6) is 1.43. The minimum Gasteiger partial charge on any atom is -0.342 e. The first kappa shape index (κ1) is 16.3. The highest BCUT2D eigenvalue weighted by atomic mass is 32.1. The van der Waals surface area contributed by atoms with Gasteiger partial charge < -0.3 is 4.90 Å². The van der Waals surface area contributed by atoms with Crippen molar-refractivity contribution in [3.8, 4) is 0 Å². The van der Waals surface area contributed by atoms with E-state index in [4.69, 9.17) is 4.98 Å². The molecule has 25 heavy (non-hydrogen) atoms. The lowest BCUT2D eigenvalue weighted by Gasteiger charge is -2.33. The van der Waals surface area contributed by atoms with Crippen molar-refractivity contribution in [3.05, 3.63) is 35.7 Å². The fraction of sp³-hybridized carbons (Fsp3) is 0.529. The van der Waals surface area contributed by atoms with Crippen molar-refractivity contribution < 1.29 is 4.79 Å². The van der Waals surface area contributed by atoms with Crippen LogP contribution in [0.4, 0.5) is 0 Å². The summed E-state index contributed by atoms with van der Waals surface area (Å²) in [6.45, 7) is 6.15. The molecule has 0 aliphatic carbocycles. The Morgan fingerprint density at radius 3 is 3.16 bits per heavy atom. The fourth-order valence-corrected chi connectivity index (χ4v) is 4.61. The van der Waals surface area contributed by atoms with E-state index in [9.17, 15) is 4.79 Å². The monoisotopic (exact) mass is 358 g/mol. The minimum absolute atomic E-state index is 0.106. The van der Waals surface area contributed by atoms with Gasteiger partial charge in [-0.25, -0.2) is 9.97 Å². The highest BCUT2D eigenvalue weighted by Gasteiger charge is 2.30. The maximum absolute atomic E-state index is 12.9. The van der Waals surface area contributed by atoms with E-state index in [1.165, 1.54) is 11.2 Å². The molecule has 1 amide bonds. The lowest BCUT2D eigenvalue weighted by molar-refractivity contribution is -0.136. The predicted octanol–water partition coefficient (Wildman–Crippen LogP) is 2.34. The van der Waals surface area contributed by atoms with Gasteiger partial charge in [0.1, 0.15) is 23.3 Å². The second-order valence-electron chi connectivity index (χ2n) is 6.76. The Morgan fingerprint density at radius 1 is 1.48 bits per heavy atom. The van der Waals surface area contributed by atoms with Crippen LogP contribution in [0.15, 0.2) is 24.2 Å². The summed E-state index contributed by atoms with van der Waals surface area (Å²) in [5, 5.41) is 6.20. The van der Waals surface area contributed by atoms with Crippen molar-refractivity contribution in [2.75, 3.05) is 13.1 Å². The van der Waals surface area contributed by atoms with Gasteiger partial charge in [-0.15, -0.1) is 11.3 Å². The second kappa shape index (κ2) is 6.59. The van der Waals surface area contributed by atoms with Gasteiger partial charge in [-0.1, -0.05) is 6.92 Å². The first-order chi connectivity index (χ1) is 12.1. The molecule has 3 aromatic rings. The number of amides is 1. The zero-order valence-electron chi connectivity index (χ0n) is 14.5. The topological polar surface area (TPSA) is 68.3 Å². The van der Waals surface area contributed by atoms with Gasteiger partial charge in [0, 0.05) is 30.6 Å². The third-order valence-electron chi connectivity index (χ3n) is 4.93. The maximum atomic E-state index is 12.9. The van der Waals surface area contributed by atoms with E-state index in [-0.39, 0.29) is 11.8 Å². The molecule has 0 saturated carbocycles. The molecular weight excluding hydrogens is 336 g/mol. The van der Waals surface area contributed by atoms with E-state index in [2.05, 4.69) is 26.1 Å². The largest absolute Gasteiger partial charge is 0.342 e. The Labute approximate surface area is 150 Å². The number of carbonyl (C=O) groups excluding carboxylic acids is 1. The Morgan fingerprint density at radius 2 is 2.36 bits per heavy atom. The molecule has 7 nitrogen and oxygen atoms in total. The Balaban J connectivity index is 1.49. The molecule has 0 spiro atoms. The number of thiazole rings is 1. The molecular formula is C17H22N6OS. The number of hydrogen-bond acceptors (Lipinski definition) is 5. The first-order valence-corrected chi connectivity index (χ1v) is 9.54. The standard InChI is InChI=1S/C17H22N6OS/c1-12(8-22-11-18-10-19-22)16(24)21-5-3-4-14(9-21)15-17-23(6-7-25-17)13(2)20-15/h6-7,10-12,14H,3-5,8-9H2,1-2H3/t12-,14+/m0/s1. The second-order valence-corrected chi connectivity index (χ2v) is 7.66. The van der Waals surface area contributed by atoms with Crippen LogP contribution in [0.2, 0.25) is 0 Å². The molecule has 0 radical (unpaired) electrons. The van der Waals surface area contributed by atoms with Gasteiger partial charge in [0.15, 0.2) is 0 Å². The Bertz CT molecular complexity index is 867. The third kappa shape index (κ3) is 3.06. The van der Waals surface area contributed by atoms with E-state index >= 15 is 0 Å². The summed E-state index contributed by atoms with van der Waals surface area (Å²) in [6, 6.07) is 0. The zero-order valence-corrected chi connectivity index (χ0v) is 15.3. The van der Waals surface area contributed by atoms with E-state index in [0.717, 1.165) is 37.4 Å². The number of rotatable bonds is 4. The smallest absolute Gasteiger partial charge is 0.227 e. The number of aromatic nitrogens is 5. The van der Waals surface area contributed by atoms with Crippen LogP contribution >= 0.6 is 11.3 Å². The molecule has 0 aromatic carbocycles. The molecule has 132 valence electrons. The number of aryl methyl sites for hydroxylation is 1. The summed E-state index contributed by atoms with van der Waals surface area (Å²) in [7, 11) is 0. The van der Waals surface area contributed by atoms with Crippen LogP contribution in [0.25, 0.3) is 4.83 Å². The molecule has 2 atom stereocenters. The number of fused-ring (bicyclic) bond motifs is 1. The van der Waals surface area contributed by atoms with Crippen LogP contribution < -0.4 is 0 Å². The number of carbonyl (C=O) groups is 1. The van der Waals surface area contributed by atoms with E-state index in [1.54, 1.807) is 22.3 Å². The predicted molar refractivity (Wildman–Crippen MR) is 95.5 cm³/mol. The average Bonchev–Trinajstić information content (AvgIpc) is 3.34. The fourth-order valence-electron chi connectivity index (χ4n) is 3.66. The van der Waals surface area contributed by atoms with Gasteiger partial charge in [-0.2, -0.15) is 5.10 Å². The molecule has 1 fully saturated rings. The average molecular weight is 358 g/mol. The molecule has 4 heterocycles. The van der Waals surface area contributed by atoms with Crippen molar-refractivity contribution >= 4 is 22.1 Å². The van der Waals surface area contributed by atoms with Crippen molar-refractivity contribution in [1.29, 1.82) is 0 Å². The van der Waals surface area contributed by atoms with Crippen LogP contribution in [0.3, 0.4) is 0 Å². The Hall–Kier alpha value is -2.22. The number of hydrogen-bond donors (Lipinski definition) is 0. The third-order valence-corrected chi connectivity index (χ3v) is 5.81. The highest BCUT2D eigenvalue weighted by molar-refractivity contribution is 7.15. The molecule has 3 aromatic heterocycles. The van der Waals surface area contributed by atoms with Gasteiger partial charge in [-0.3, -0.25) is 13.9 Å². The highest BCUT2D eigenvalue weighted by Crippen LogP contribution is 2.32. The quantitative estimate of drug-likeness (QED) is 0.718. The summed E-state index contributed by atoms with van der Waals surface area (Å²) in [5.41, 5.74) is 1.15. The number of likely N-dealkylation sites (tertiary alicyclic amines) is 1. The van der Waals surface area contributed by atoms with Crippen molar-refractivity contribution in [2.24, 2.45) is 5.92 Å². The van der Waals surface area contributed by atoms with Crippen molar-refractivity contribution in [1.82, 2.24) is 29.0 Å². The van der Waals surface area contributed by atoms with Gasteiger partial charge in [-0.05, 0) is 19.8 Å². The number of imidazole rings is 1. The molecule has 0 unspecified atom stereocenters. The first-order valence-electron chi connectivity index (χ1n) is 8.66.